The quantitative estimate of drug-likeness (QED) is 0.697. The van der Waals surface area contributed by atoms with Crippen LogP contribution in [0.1, 0.15) is 5.82 Å². The third kappa shape index (κ3) is 2.39. The van der Waals surface area contributed by atoms with Crippen LogP contribution in [0.25, 0.3) is 22.4 Å². The molecule has 0 atom stereocenters. The Morgan fingerprint density at radius 2 is 1.86 bits per heavy atom. The highest BCUT2D eigenvalue weighted by Gasteiger charge is 2.35. The van der Waals surface area contributed by atoms with Gasteiger partial charge in [0.25, 0.3) is 0 Å². The van der Waals surface area contributed by atoms with E-state index >= 15 is 0 Å². The molecule has 2 aromatic heterocycles. The molecule has 0 radical (unpaired) electrons. The molecule has 0 unspecified atom stereocenters. The zero-order chi connectivity index (χ0) is 15.2. The lowest BCUT2D eigenvalue weighted by Crippen LogP contribution is -2.12. The van der Waals surface area contributed by atoms with Gasteiger partial charge in [0.1, 0.15) is 11.5 Å². The number of halogens is 4. The lowest BCUT2D eigenvalue weighted by atomic mass is 10.2. The number of nitrogens with two attached hydrogens (primary N) is 1. The Morgan fingerprint density at radius 1 is 1.10 bits per heavy atom. The number of fused-ring (bicyclic) bond motifs is 1. The number of hydrogen-bond acceptors (Lipinski definition) is 4. The molecule has 0 aliphatic rings. The Hall–Kier alpha value is -2.64. The molecule has 0 saturated carbocycles. The monoisotopic (exact) mass is 297 g/mol. The topological polar surface area (TPSA) is 64.9 Å². The first-order chi connectivity index (χ1) is 9.84. The van der Waals surface area contributed by atoms with Crippen LogP contribution in [-0.2, 0) is 6.18 Å². The minimum atomic E-state index is -4.73. The fraction of sp³-hybridized carbons (Fsp3) is 0.0769. The highest BCUT2D eigenvalue weighted by atomic mass is 19.4. The third-order valence-corrected chi connectivity index (χ3v) is 2.75. The van der Waals surface area contributed by atoms with E-state index in [1.165, 1.54) is 18.2 Å². The molecule has 3 rings (SSSR count). The maximum absolute atomic E-state index is 13.5. The molecule has 2 heterocycles. The molecule has 1 aromatic carbocycles. The first kappa shape index (κ1) is 13.3. The van der Waals surface area contributed by atoms with E-state index in [4.69, 9.17) is 10.2 Å². The number of anilines is 1. The van der Waals surface area contributed by atoms with Gasteiger partial charge in [0.15, 0.2) is 17.2 Å². The summed E-state index contributed by atoms with van der Waals surface area (Å²) < 4.78 is 56.7. The second-order valence-corrected chi connectivity index (χ2v) is 4.27. The van der Waals surface area contributed by atoms with E-state index < -0.39 is 17.8 Å². The van der Waals surface area contributed by atoms with E-state index in [-0.39, 0.29) is 22.9 Å². The lowest BCUT2D eigenvalue weighted by molar-refractivity contribution is -0.144. The Balaban J connectivity index is 2.18. The van der Waals surface area contributed by atoms with Crippen LogP contribution in [0.3, 0.4) is 0 Å². The van der Waals surface area contributed by atoms with Gasteiger partial charge in [0, 0.05) is 11.5 Å². The van der Waals surface area contributed by atoms with Crippen molar-refractivity contribution >= 4 is 16.8 Å². The van der Waals surface area contributed by atoms with Gasteiger partial charge in [0.05, 0.1) is 0 Å². The molecule has 3 aromatic rings. The molecule has 0 saturated heterocycles. The summed E-state index contributed by atoms with van der Waals surface area (Å²) in [5, 5.41) is 0.413. The average molecular weight is 297 g/mol. The Bertz CT molecular complexity index is 826. The molecule has 108 valence electrons. The van der Waals surface area contributed by atoms with Crippen molar-refractivity contribution in [1.82, 2.24) is 9.97 Å². The van der Waals surface area contributed by atoms with Crippen molar-refractivity contribution in [2.24, 2.45) is 0 Å². The molecule has 2 N–H and O–H groups in total. The molecule has 21 heavy (non-hydrogen) atoms. The fourth-order valence-electron chi connectivity index (χ4n) is 1.87. The predicted octanol–water partition coefficient (Wildman–Crippen LogP) is 3.63. The van der Waals surface area contributed by atoms with E-state index in [2.05, 4.69) is 9.97 Å². The third-order valence-electron chi connectivity index (χ3n) is 2.75. The lowest BCUT2D eigenvalue weighted by Gasteiger charge is -2.06. The number of nitrogens with zero attached hydrogens (tertiary/aromatic N) is 2. The van der Waals surface area contributed by atoms with Crippen LogP contribution in [0.15, 0.2) is 34.7 Å². The van der Waals surface area contributed by atoms with Crippen molar-refractivity contribution in [3.05, 3.63) is 42.0 Å². The zero-order valence-corrected chi connectivity index (χ0v) is 10.3. The average Bonchev–Trinajstić information content (AvgIpc) is 2.82. The van der Waals surface area contributed by atoms with E-state index in [0.29, 0.717) is 5.39 Å². The van der Waals surface area contributed by atoms with Crippen LogP contribution in [0, 0.1) is 5.82 Å². The number of para-hydroxylation sites is 1. The van der Waals surface area contributed by atoms with E-state index in [1.54, 1.807) is 6.07 Å². The fourth-order valence-corrected chi connectivity index (χ4v) is 1.87. The van der Waals surface area contributed by atoms with Crippen LogP contribution in [-0.4, -0.2) is 9.97 Å². The molecule has 0 spiro atoms. The predicted molar refractivity (Wildman–Crippen MR) is 66.6 cm³/mol. The van der Waals surface area contributed by atoms with Crippen molar-refractivity contribution in [1.29, 1.82) is 0 Å². The summed E-state index contributed by atoms with van der Waals surface area (Å²) in [5.41, 5.74) is 5.13. The number of aromatic nitrogens is 2. The summed E-state index contributed by atoms with van der Waals surface area (Å²) >= 11 is 0. The second kappa shape index (κ2) is 4.44. The highest BCUT2D eigenvalue weighted by Crippen LogP contribution is 2.32. The van der Waals surface area contributed by atoms with Gasteiger partial charge in [-0.1, -0.05) is 12.1 Å². The van der Waals surface area contributed by atoms with Crippen LogP contribution in [0.4, 0.5) is 23.4 Å². The molecule has 0 bridgehead atoms. The van der Waals surface area contributed by atoms with E-state index in [9.17, 15) is 17.6 Å². The van der Waals surface area contributed by atoms with E-state index in [0.717, 1.165) is 6.07 Å². The molecular formula is C13H7F4N3O. The van der Waals surface area contributed by atoms with Crippen LogP contribution < -0.4 is 5.73 Å². The molecule has 4 nitrogen and oxygen atoms in total. The zero-order valence-electron chi connectivity index (χ0n) is 10.3. The largest absolute Gasteiger partial charge is 0.451 e. The molecular weight excluding hydrogens is 290 g/mol. The summed E-state index contributed by atoms with van der Waals surface area (Å²) in [4.78, 5) is 6.50. The molecule has 0 fully saturated rings. The maximum Gasteiger partial charge on any atom is 0.451 e. The smallest absolute Gasteiger partial charge is 0.451 e. The number of alkyl halides is 3. The molecule has 8 heteroatoms. The Kier molecular flexibility index (Phi) is 2.82. The molecule has 0 amide bonds. The number of nitrogen functional groups attached to an aromatic ring is 1. The molecule has 0 aliphatic heterocycles. The second-order valence-electron chi connectivity index (χ2n) is 4.27. The summed E-state index contributed by atoms with van der Waals surface area (Å²) in [5.74, 6) is -2.36. The van der Waals surface area contributed by atoms with Crippen molar-refractivity contribution in [3.8, 4) is 11.5 Å². The first-order valence-corrected chi connectivity index (χ1v) is 5.75. The van der Waals surface area contributed by atoms with Gasteiger partial charge in [-0.05, 0) is 12.1 Å². The van der Waals surface area contributed by atoms with Gasteiger partial charge >= 0.3 is 6.18 Å². The minimum Gasteiger partial charge on any atom is -0.451 e. The summed E-state index contributed by atoms with van der Waals surface area (Å²) in [7, 11) is 0. The SMILES string of the molecule is Nc1cc(-c2cc3cccc(F)c3o2)nc(C(F)(F)F)n1. The van der Waals surface area contributed by atoms with Crippen LogP contribution in [0.2, 0.25) is 0 Å². The van der Waals surface area contributed by atoms with Crippen molar-refractivity contribution < 1.29 is 22.0 Å². The van der Waals surface area contributed by atoms with Crippen molar-refractivity contribution in [3.63, 3.8) is 0 Å². The number of hydrogen-bond donors (Lipinski definition) is 1. The van der Waals surface area contributed by atoms with Crippen LogP contribution >= 0.6 is 0 Å². The van der Waals surface area contributed by atoms with Gasteiger partial charge in [0.2, 0.25) is 5.82 Å². The maximum atomic E-state index is 13.5. The van der Waals surface area contributed by atoms with Crippen LogP contribution in [0.5, 0.6) is 0 Å². The summed E-state index contributed by atoms with van der Waals surface area (Å²) in [6.45, 7) is 0. The standard InChI is InChI=1S/C13H7F4N3O/c14-7-3-1-2-6-4-9(21-11(6)7)8-5-10(18)20-12(19-8)13(15,16)17/h1-5H,(H2,18,19,20). The summed E-state index contributed by atoms with van der Waals surface area (Å²) in [6.07, 6.45) is -4.73. The summed E-state index contributed by atoms with van der Waals surface area (Å²) in [6, 6.07) is 6.74. The number of benzene rings is 1. The van der Waals surface area contributed by atoms with Gasteiger partial charge in [-0.3, -0.25) is 0 Å². The Morgan fingerprint density at radius 3 is 2.52 bits per heavy atom. The highest BCUT2D eigenvalue weighted by molar-refractivity contribution is 5.82. The van der Waals surface area contributed by atoms with Crippen molar-refractivity contribution in [2.45, 2.75) is 6.18 Å². The molecule has 0 aliphatic carbocycles. The van der Waals surface area contributed by atoms with Crippen molar-refractivity contribution in [2.75, 3.05) is 5.73 Å². The van der Waals surface area contributed by atoms with Gasteiger partial charge in [-0.15, -0.1) is 0 Å². The van der Waals surface area contributed by atoms with Gasteiger partial charge in [-0.2, -0.15) is 13.2 Å². The van der Waals surface area contributed by atoms with Gasteiger partial charge < -0.3 is 10.2 Å². The Labute approximate surface area is 115 Å². The number of furan rings is 1. The number of rotatable bonds is 1. The van der Waals surface area contributed by atoms with E-state index in [1.807, 2.05) is 0 Å². The minimum absolute atomic E-state index is 0.0188. The van der Waals surface area contributed by atoms with Gasteiger partial charge in [-0.25, -0.2) is 14.4 Å². The first-order valence-electron chi connectivity index (χ1n) is 5.75. The normalized spacial score (nSPS) is 12.0.